The minimum absolute atomic E-state index is 0.185. The fourth-order valence-electron chi connectivity index (χ4n) is 4.65. The molecule has 8 nitrogen and oxygen atoms in total. The molecule has 4 N–H and O–H groups in total. The number of hydrazone groups is 1. The van der Waals surface area contributed by atoms with E-state index >= 15 is 0 Å². The lowest BCUT2D eigenvalue weighted by atomic mass is 9.91. The summed E-state index contributed by atoms with van der Waals surface area (Å²) in [6.07, 6.45) is 0. The number of carbonyl (C=O) groups is 2. The number of amides is 2. The monoisotopic (exact) mass is 520 g/mol. The van der Waals surface area contributed by atoms with Crippen LogP contribution >= 0.6 is 0 Å². The summed E-state index contributed by atoms with van der Waals surface area (Å²) >= 11 is 0. The number of benzene rings is 4. The molecule has 5 rings (SSSR count). The van der Waals surface area contributed by atoms with Crippen LogP contribution in [-0.2, 0) is 0 Å². The lowest BCUT2D eigenvalue weighted by molar-refractivity contribution is 0.0985. The predicted molar refractivity (Wildman–Crippen MR) is 150 cm³/mol. The Hall–Kier alpha value is -5.11. The van der Waals surface area contributed by atoms with Crippen molar-refractivity contribution in [1.82, 2.24) is 0 Å². The normalized spacial score (nSPS) is 16.4. The van der Waals surface area contributed by atoms with Gasteiger partial charge in [-0.3, -0.25) is 14.6 Å². The fourth-order valence-corrected chi connectivity index (χ4v) is 4.65. The molecule has 4 aromatic rings. The summed E-state index contributed by atoms with van der Waals surface area (Å²) in [5.74, 6) is -0.613. The minimum atomic E-state index is -0.568. The summed E-state index contributed by atoms with van der Waals surface area (Å²) in [5.41, 5.74) is 14.4. The molecule has 0 fully saturated rings. The third-order valence-electron chi connectivity index (χ3n) is 6.57. The van der Waals surface area contributed by atoms with E-state index < -0.39 is 11.8 Å². The van der Waals surface area contributed by atoms with Gasteiger partial charge in [-0.25, -0.2) is 0 Å². The van der Waals surface area contributed by atoms with Crippen molar-refractivity contribution in [3.05, 3.63) is 126 Å². The topological polar surface area (TPSA) is 120 Å². The number of ether oxygens (including phenoxy) is 2. The SMILES string of the molecule is NC(=O)c1ccccc1OCC1[C@@H](COc2ccccc2C(N)=O)C(c2ccccc2)=NN1c1ccccc1. The molecule has 39 heavy (non-hydrogen) atoms. The summed E-state index contributed by atoms with van der Waals surface area (Å²) in [6.45, 7) is 0.386. The van der Waals surface area contributed by atoms with Gasteiger partial charge in [0.15, 0.2) is 0 Å². The second-order valence-corrected chi connectivity index (χ2v) is 9.05. The van der Waals surface area contributed by atoms with Gasteiger partial charge in [-0.15, -0.1) is 0 Å². The Balaban J connectivity index is 1.52. The van der Waals surface area contributed by atoms with Gasteiger partial charge in [-0.05, 0) is 42.0 Å². The van der Waals surface area contributed by atoms with Crippen LogP contribution in [0.3, 0.4) is 0 Å². The van der Waals surface area contributed by atoms with Gasteiger partial charge in [0.2, 0.25) is 0 Å². The zero-order chi connectivity index (χ0) is 27.2. The smallest absolute Gasteiger partial charge is 0.252 e. The predicted octanol–water partition coefficient (Wildman–Crippen LogP) is 4.25. The highest BCUT2D eigenvalue weighted by molar-refractivity contribution is 6.05. The molecule has 1 aliphatic heterocycles. The zero-order valence-electron chi connectivity index (χ0n) is 21.1. The second-order valence-electron chi connectivity index (χ2n) is 9.05. The van der Waals surface area contributed by atoms with Crippen LogP contribution in [0.25, 0.3) is 0 Å². The number of rotatable bonds is 10. The van der Waals surface area contributed by atoms with Crippen molar-refractivity contribution in [3.63, 3.8) is 0 Å². The Kier molecular flexibility index (Phi) is 7.54. The average Bonchev–Trinajstić information content (AvgIpc) is 3.34. The van der Waals surface area contributed by atoms with Crippen LogP contribution < -0.4 is 25.9 Å². The molecule has 4 aromatic carbocycles. The standard InChI is InChI=1S/C31H28N4O4/c32-30(36)23-15-7-9-17-27(23)38-19-25-26(20-39-28-18-10-8-16-24(28)31(33)37)35(22-13-5-2-6-14-22)34-29(25)21-11-3-1-4-12-21/h1-18,25-26H,19-20H2,(H2,32,36)(H2,33,37)/t25-,26?/m1/s1. The van der Waals surface area contributed by atoms with Crippen LogP contribution in [0.4, 0.5) is 5.69 Å². The molecular weight excluding hydrogens is 492 g/mol. The summed E-state index contributed by atoms with van der Waals surface area (Å²) in [4.78, 5) is 24.0. The van der Waals surface area contributed by atoms with E-state index in [0.29, 0.717) is 22.6 Å². The molecular formula is C31H28N4O4. The fraction of sp³-hybridized carbons (Fsp3) is 0.129. The first-order chi connectivity index (χ1) is 19.0. The summed E-state index contributed by atoms with van der Waals surface area (Å²) in [6, 6.07) is 33.1. The Labute approximate surface area is 226 Å². The molecule has 2 amide bonds. The highest BCUT2D eigenvalue weighted by Crippen LogP contribution is 2.33. The Morgan fingerprint density at radius 2 is 1.15 bits per heavy atom. The van der Waals surface area contributed by atoms with Gasteiger partial charge in [-0.1, -0.05) is 72.8 Å². The summed E-state index contributed by atoms with van der Waals surface area (Å²) < 4.78 is 12.4. The molecule has 0 aliphatic carbocycles. The maximum atomic E-state index is 12.0. The van der Waals surface area contributed by atoms with Crippen LogP contribution in [0, 0.1) is 5.92 Å². The molecule has 1 heterocycles. The number of nitrogens with two attached hydrogens (primary N) is 2. The molecule has 0 spiro atoms. The van der Waals surface area contributed by atoms with Crippen molar-refractivity contribution in [2.24, 2.45) is 22.5 Å². The molecule has 0 radical (unpaired) electrons. The summed E-state index contributed by atoms with van der Waals surface area (Å²) in [5, 5.41) is 6.96. The summed E-state index contributed by atoms with van der Waals surface area (Å²) in [7, 11) is 0. The Bertz CT molecular complexity index is 1490. The largest absolute Gasteiger partial charge is 0.492 e. The average molecular weight is 521 g/mol. The zero-order valence-corrected chi connectivity index (χ0v) is 21.1. The van der Waals surface area contributed by atoms with E-state index in [1.807, 2.05) is 65.7 Å². The quantitative estimate of drug-likeness (QED) is 0.324. The van der Waals surface area contributed by atoms with Crippen LogP contribution in [0.2, 0.25) is 0 Å². The number of primary amides is 2. The second kappa shape index (κ2) is 11.5. The number of nitrogens with zero attached hydrogens (tertiary/aromatic N) is 2. The van der Waals surface area contributed by atoms with E-state index in [9.17, 15) is 9.59 Å². The van der Waals surface area contributed by atoms with Crippen LogP contribution in [-0.4, -0.2) is 36.8 Å². The van der Waals surface area contributed by atoms with Crippen LogP contribution in [0.15, 0.2) is 114 Å². The van der Waals surface area contributed by atoms with Gasteiger partial charge < -0.3 is 20.9 Å². The first-order valence-corrected chi connectivity index (χ1v) is 12.5. The molecule has 0 aromatic heterocycles. The van der Waals surface area contributed by atoms with Crippen LogP contribution in [0.5, 0.6) is 11.5 Å². The van der Waals surface area contributed by atoms with E-state index in [2.05, 4.69) is 0 Å². The van der Waals surface area contributed by atoms with Gasteiger partial charge in [-0.2, -0.15) is 5.10 Å². The van der Waals surface area contributed by atoms with Gasteiger partial charge in [0.1, 0.15) is 18.1 Å². The maximum absolute atomic E-state index is 12.0. The molecule has 1 unspecified atom stereocenters. The first-order valence-electron chi connectivity index (χ1n) is 12.5. The van der Waals surface area contributed by atoms with E-state index in [1.165, 1.54) is 0 Å². The number of hydrogen-bond acceptors (Lipinski definition) is 6. The van der Waals surface area contributed by atoms with Crippen molar-refractivity contribution in [3.8, 4) is 11.5 Å². The van der Waals surface area contributed by atoms with Gasteiger partial charge in [0, 0.05) is 0 Å². The Morgan fingerprint density at radius 3 is 1.72 bits per heavy atom. The maximum Gasteiger partial charge on any atom is 0.252 e. The molecule has 196 valence electrons. The van der Waals surface area contributed by atoms with Crippen molar-refractivity contribution < 1.29 is 19.1 Å². The van der Waals surface area contributed by atoms with Crippen LogP contribution in [0.1, 0.15) is 26.3 Å². The molecule has 0 bridgehead atoms. The van der Waals surface area contributed by atoms with Gasteiger partial charge in [0.25, 0.3) is 11.8 Å². The third kappa shape index (κ3) is 5.60. The molecule has 0 saturated heterocycles. The number of hydrogen-bond donors (Lipinski definition) is 2. The van der Waals surface area contributed by atoms with Crippen molar-refractivity contribution >= 4 is 23.2 Å². The number of anilines is 1. The molecule has 1 aliphatic rings. The lowest BCUT2D eigenvalue weighted by Crippen LogP contribution is -2.41. The van der Waals surface area contributed by atoms with Crippen molar-refractivity contribution in [2.75, 3.05) is 18.2 Å². The van der Waals surface area contributed by atoms with E-state index in [4.69, 9.17) is 26.0 Å². The van der Waals surface area contributed by atoms with E-state index in [-0.39, 0.29) is 25.2 Å². The Morgan fingerprint density at radius 1 is 0.667 bits per heavy atom. The highest BCUT2D eigenvalue weighted by Gasteiger charge is 2.40. The highest BCUT2D eigenvalue weighted by atomic mass is 16.5. The molecule has 8 heteroatoms. The first kappa shape index (κ1) is 25.5. The lowest BCUT2D eigenvalue weighted by Gasteiger charge is -2.28. The number of carbonyl (C=O) groups excluding carboxylic acids is 2. The third-order valence-corrected chi connectivity index (χ3v) is 6.57. The van der Waals surface area contributed by atoms with E-state index in [1.54, 1.807) is 48.5 Å². The molecule has 2 atom stereocenters. The number of para-hydroxylation sites is 3. The van der Waals surface area contributed by atoms with Crippen molar-refractivity contribution in [2.45, 2.75) is 6.04 Å². The van der Waals surface area contributed by atoms with Gasteiger partial charge >= 0.3 is 0 Å². The van der Waals surface area contributed by atoms with Gasteiger partial charge in [0.05, 0.1) is 41.1 Å². The van der Waals surface area contributed by atoms with E-state index in [0.717, 1.165) is 17.0 Å². The molecule has 0 saturated carbocycles. The van der Waals surface area contributed by atoms with Crippen molar-refractivity contribution in [1.29, 1.82) is 0 Å². The minimum Gasteiger partial charge on any atom is -0.492 e.